The predicted molar refractivity (Wildman–Crippen MR) is 165 cm³/mol. The number of hydrogen-bond donors (Lipinski definition) is 1. The molecule has 0 spiro atoms. The van der Waals surface area contributed by atoms with Gasteiger partial charge in [0.1, 0.15) is 12.3 Å². The topological polar surface area (TPSA) is 77.7 Å². The lowest BCUT2D eigenvalue weighted by atomic mass is 9.91. The number of benzene rings is 4. The molecule has 43 heavy (non-hydrogen) atoms. The van der Waals surface area contributed by atoms with E-state index in [2.05, 4.69) is 45.6 Å². The maximum atomic E-state index is 13.9. The molecule has 1 N–H and O–H groups in total. The van der Waals surface area contributed by atoms with Crippen LogP contribution in [0.15, 0.2) is 78.9 Å². The first kappa shape index (κ1) is 24.9. The van der Waals surface area contributed by atoms with E-state index < -0.39 is 18.1 Å². The fourth-order valence-electron chi connectivity index (χ4n) is 8.33. The Labute approximate surface area is 247 Å². The number of rotatable bonds is 3. The fraction of sp³-hybridized carbons (Fsp3) is 0.257. The van der Waals surface area contributed by atoms with E-state index in [9.17, 15) is 9.59 Å². The molecule has 8 nitrogen and oxygen atoms in total. The molecule has 4 aromatic carbocycles. The van der Waals surface area contributed by atoms with Crippen molar-refractivity contribution in [2.75, 3.05) is 14.2 Å². The summed E-state index contributed by atoms with van der Waals surface area (Å²) in [6.07, 6.45) is -0.386. The number of carbonyl (C=O) groups is 2. The molecule has 1 unspecified atom stereocenters. The van der Waals surface area contributed by atoms with Gasteiger partial charge in [0, 0.05) is 54.2 Å². The zero-order valence-electron chi connectivity index (χ0n) is 24.1. The third kappa shape index (κ3) is 2.97. The first-order valence-corrected chi connectivity index (χ1v) is 14.8. The molecule has 2 bridgehead atoms. The van der Waals surface area contributed by atoms with Crippen molar-refractivity contribution in [2.24, 2.45) is 0 Å². The molecule has 1 fully saturated rings. The zero-order chi connectivity index (χ0) is 29.2. The van der Waals surface area contributed by atoms with Crippen LogP contribution in [-0.4, -0.2) is 52.2 Å². The summed E-state index contributed by atoms with van der Waals surface area (Å²) < 4.78 is 18.1. The summed E-state index contributed by atoms with van der Waals surface area (Å²) in [5.74, 6) is -0.107. The summed E-state index contributed by atoms with van der Waals surface area (Å²) >= 11 is 0. The number of nitrogens with zero attached hydrogens (tertiary/aromatic N) is 3. The molecule has 9 rings (SSSR count). The lowest BCUT2D eigenvalue weighted by Crippen LogP contribution is -2.61. The average molecular weight is 571 g/mol. The first-order valence-electron chi connectivity index (χ1n) is 14.8. The Bertz CT molecular complexity index is 2180. The van der Waals surface area contributed by atoms with E-state index >= 15 is 0 Å². The van der Waals surface area contributed by atoms with Crippen molar-refractivity contribution >= 4 is 55.4 Å². The quantitative estimate of drug-likeness (QED) is 0.287. The Hall–Kier alpha value is -4.66. The van der Waals surface area contributed by atoms with Crippen molar-refractivity contribution in [1.82, 2.24) is 19.4 Å². The molecule has 3 aliphatic heterocycles. The van der Waals surface area contributed by atoms with Gasteiger partial charge in [-0.05, 0) is 36.8 Å². The summed E-state index contributed by atoms with van der Waals surface area (Å²) in [6.45, 7) is 2.56. The molecule has 8 heteroatoms. The summed E-state index contributed by atoms with van der Waals surface area (Å²) in [5, 5.41) is 7.24. The average Bonchev–Trinajstić information content (AvgIpc) is 3.68. The van der Waals surface area contributed by atoms with Crippen LogP contribution in [-0.2, 0) is 21.7 Å². The number of fused-ring (bicyclic) bond motifs is 13. The second kappa shape index (κ2) is 8.46. The number of carbonyl (C=O) groups excluding carboxylic acids is 2. The number of hydrogen-bond acceptors (Lipinski definition) is 4. The van der Waals surface area contributed by atoms with Crippen molar-refractivity contribution < 1.29 is 19.1 Å². The SMILES string of the molecule is CO[C@@H]1[C@H](N(C)C(=O)c2ccccc2)CC2O[C@]1(C)n1c3ccccc3c3c4c(c5c6ccccc6n2c5c31)C(=O)NC4. The Balaban J connectivity index is 1.43. The van der Waals surface area contributed by atoms with Crippen LogP contribution in [0.4, 0.5) is 0 Å². The lowest BCUT2D eigenvalue weighted by molar-refractivity contribution is -0.264. The van der Waals surface area contributed by atoms with Gasteiger partial charge in [0.05, 0.1) is 33.7 Å². The van der Waals surface area contributed by atoms with E-state index in [-0.39, 0.29) is 17.9 Å². The third-order valence-electron chi connectivity index (χ3n) is 10.0. The van der Waals surface area contributed by atoms with Gasteiger partial charge in [0.2, 0.25) is 0 Å². The van der Waals surface area contributed by atoms with Crippen molar-refractivity contribution in [2.45, 2.75) is 44.0 Å². The molecular weight excluding hydrogens is 540 g/mol. The molecule has 1 saturated heterocycles. The number of likely N-dealkylation sites (N-methyl/N-ethyl adjacent to an activating group) is 1. The van der Waals surface area contributed by atoms with Gasteiger partial charge in [-0.3, -0.25) is 9.59 Å². The van der Waals surface area contributed by atoms with Crippen molar-refractivity contribution in [3.05, 3.63) is 95.6 Å². The van der Waals surface area contributed by atoms with Crippen molar-refractivity contribution in [3.8, 4) is 0 Å². The zero-order valence-corrected chi connectivity index (χ0v) is 24.1. The van der Waals surface area contributed by atoms with E-state index in [4.69, 9.17) is 9.47 Å². The van der Waals surface area contributed by atoms with Gasteiger partial charge >= 0.3 is 0 Å². The van der Waals surface area contributed by atoms with Crippen molar-refractivity contribution in [3.63, 3.8) is 0 Å². The highest BCUT2D eigenvalue weighted by Crippen LogP contribution is 2.54. The van der Waals surface area contributed by atoms with Crippen LogP contribution in [0.5, 0.6) is 0 Å². The fourth-order valence-corrected chi connectivity index (χ4v) is 8.33. The first-order chi connectivity index (χ1) is 20.9. The van der Waals surface area contributed by atoms with Gasteiger partial charge in [0.25, 0.3) is 11.8 Å². The Morgan fingerprint density at radius 2 is 1.63 bits per heavy atom. The molecule has 2 aromatic heterocycles. The van der Waals surface area contributed by atoms with Gasteiger partial charge in [-0.25, -0.2) is 0 Å². The molecule has 6 aromatic rings. The lowest BCUT2D eigenvalue weighted by Gasteiger charge is -2.50. The Kier molecular flexibility index (Phi) is 4.90. The van der Waals surface area contributed by atoms with Crippen LogP contribution in [0.1, 0.15) is 45.9 Å². The van der Waals surface area contributed by atoms with E-state index in [0.717, 1.165) is 54.7 Å². The number of ether oxygens (including phenoxy) is 2. The molecule has 214 valence electrons. The molecule has 3 aliphatic rings. The van der Waals surface area contributed by atoms with E-state index in [1.165, 1.54) is 0 Å². The maximum absolute atomic E-state index is 13.9. The summed E-state index contributed by atoms with van der Waals surface area (Å²) in [5.41, 5.74) is 5.46. The van der Waals surface area contributed by atoms with Crippen LogP contribution in [0.25, 0.3) is 43.6 Å². The molecule has 0 aliphatic carbocycles. The molecule has 2 amide bonds. The second-order valence-electron chi connectivity index (χ2n) is 12.1. The summed E-state index contributed by atoms with van der Waals surface area (Å²) in [7, 11) is 3.57. The summed E-state index contributed by atoms with van der Waals surface area (Å²) in [6, 6.07) is 25.7. The van der Waals surface area contributed by atoms with Gasteiger partial charge < -0.3 is 28.8 Å². The number of methoxy groups -OCH3 is 1. The standard InChI is InChI=1S/C35H30N4O4/c1-35-32(42-3)25(37(2)34(41)19-11-5-4-6-12-19)17-26(43-35)38-23-15-9-7-13-20(23)28-29-22(18-36-33(29)40)27-21-14-8-10-16-24(21)39(35)31(27)30(28)38/h4-16,25-26,32H,17-18H2,1-3H3,(H,36,40)/t25-,26?,32-,35+/m1/s1. The molecule has 0 saturated carbocycles. The second-order valence-corrected chi connectivity index (χ2v) is 12.1. The molecule has 5 heterocycles. The highest BCUT2D eigenvalue weighted by atomic mass is 16.6. The number of nitrogens with one attached hydrogen (secondary N) is 1. The minimum Gasteiger partial charge on any atom is -0.374 e. The van der Waals surface area contributed by atoms with Crippen LogP contribution in [0.2, 0.25) is 0 Å². The molecule has 4 atom stereocenters. The molecule has 0 radical (unpaired) electrons. The Morgan fingerprint density at radius 3 is 2.37 bits per heavy atom. The van der Waals surface area contributed by atoms with E-state index in [1.54, 1.807) is 7.11 Å². The highest BCUT2D eigenvalue weighted by Gasteiger charge is 2.55. The predicted octanol–water partition coefficient (Wildman–Crippen LogP) is 5.91. The maximum Gasteiger partial charge on any atom is 0.253 e. The molecular formula is C35H30N4O4. The third-order valence-corrected chi connectivity index (χ3v) is 10.0. The van der Waals surface area contributed by atoms with E-state index in [0.29, 0.717) is 18.5 Å². The van der Waals surface area contributed by atoms with Gasteiger partial charge in [0.15, 0.2) is 5.72 Å². The van der Waals surface area contributed by atoms with Crippen LogP contribution >= 0.6 is 0 Å². The van der Waals surface area contributed by atoms with Gasteiger partial charge in [-0.1, -0.05) is 54.6 Å². The van der Waals surface area contributed by atoms with Crippen LogP contribution in [0.3, 0.4) is 0 Å². The highest BCUT2D eigenvalue weighted by molar-refractivity contribution is 6.31. The largest absolute Gasteiger partial charge is 0.374 e. The Morgan fingerprint density at radius 1 is 0.953 bits per heavy atom. The smallest absolute Gasteiger partial charge is 0.253 e. The van der Waals surface area contributed by atoms with Crippen LogP contribution in [0, 0.1) is 0 Å². The monoisotopic (exact) mass is 570 g/mol. The van der Waals surface area contributed by atoms with E-state index in [1.807, 2.05) is 66.5 Å². The number of para-hydroxylation sites is 2. The van der Waals surface area contributed by atoms with Gasteiger partial charge in [-0.2, -0.15) is 0 Å². The minimum absolute atomic E-state index is 0.0446. The number of amides is 2. The van der Waals surface area contributed by atoms with Crippen LogP contribution < -0.4 is 5.32 Å². The summed E-state index contributed by atoms with van der Waals surface area (Å²) in [4.78, 5) is 29.2. The minimum atomic E-state index is -0.980. The normalized spacial score (nSPS) is 24.2. The number of aromatic nitrogens is 2. The van der Waals surface area contributed by atoms with Gasteiger partial charge in [-0.15, -0.1) is 0 Å². The van der Waals surface area contributed by atoms with Crippen molar-refractivity contribution in [1.29, 1.82) is 0 Å².